The molecule has 0 atom stereocenters. The molecule has 0 aromatic heterocycles. The summed E-state index contributed by atoms with van der Waals surface area (Å²) in [5, 5.41) is 0. The maximum atomic E-state index is 1.69. The molecule has 4 heavy (non-hydrogen) atoms. The zero-order valence-electron chi connectivity index (χ0n) is 1.50. The van der Waals surface area contributed by atoms with Gasteiger partial charge in [0.1, 0.15) is 0 Å². The van der Waals surface area contributed by atoms with E-state index in [1.165, 1.54) is 7.37 Å². The van der Waals surface area contributed by atoms with Crippen LogP contribution in [0.4, 0.5) is 0 Å². The van der Waals surface area contributed by atoms with Crippen molar-refractivity contribution in [3.8, 4) is 0 Å². The predicted octanol–water partition coefficient (Wildman–Crippen LogP) is -3.29. The first-order valence-electron chi connectivity index (χ1n) is 0.500. The Morgan fingerprint density at radius 1 is 1.25 bits per heavy atom. The Labute approximate surface area is 91.7 Å². The molecule has 0 nitrogen and oxygen atoms in total. The van der Waals surface area contributed by atoms with Gasteiger partial charge in [-0.25, -0.2) is 0 Å². The van der Waals surface area contributed by atoms with Crippen LogP contribution in [0.1, 0.15) is 0 Å². The summed E-state index contributed by atoms with van der Waals surface area (Å²) in [5.41, 5.74) is 0. The SMILES string of the molecule is [AlH3].[SiH3][Zr].[SrH2]. The van der Waals surface area contributed by atoms with Gasteiger partial charge in [-0.15, -0.1) is 0 Å². The predicted molar refractivity (Wildman–Crippen MR) is 28.4 cm³/mol. The fourth-order valence-corrected chi connectivity index (χ4v) is 0. The van der Waals surface area contributed by atoms with Gasteiger partial charge >= 0.3 is 76.7 Å². The summed E-state index contributed by atoms with van der Waals surface area (Å²) in [5.74, 6) is 0. The molecule has 0 aromatic rings. The minimum absolute atomic E-state index is 0. The first-order valence-corrected chi connectivity index (χ1v) is 8.87. The van der Waals surface area contributed by atoms with Crippen molar-refractivity contribution in [1.82, 2.24) is 0 Å². The molecular formula is H8AlSiSrZr. The van der Waals surface area contributed by atoms with E-state index in [1.807, 2.05) is 0 Å². The topological polar surface area (TPSA) is 0 Å². The van der Waals surface area contributed by atoms with Crippen LogP contribution < -0.4 is 0 Å². The molecule has 0 rings (SSSR count). The molecule has 0 saturated carbocycles. The van der Waals surface area contributed by atoms with Gasteiger partial charge in [0.15, 0.2) is 17.4 Å². The summed E-state index contributed by atoms with van der Waals surface area (Å²) >= 11 is 1.69. The Balaban J connectivity index is -0.00000000500. The molecule has 0 fully saturated rings. The van der Waals surface area contributed by atoms with Crippen LogP contribution in [0.2, 0.25) is 0 Å². The third-order valence-electron chi connectivity index (χ3n) is 0. The van der Waals surface area contributed by atoms with E-state index >= 15 is 0 Å². The van der Waals surface area contributed by atoms with Gasteiger partial charge in [-0.1, -0.05) is 0 Å². The van der Waals surface area contributed by atoms with Gasteiger partial charge in [-0.3, -0.25) is 0 Å². The van der Waals surface area contributed by atoms with Gasteiger partial charge in [-0.05, 0) is 0 Å². The van der Waals surface area contributed by atoms with Gasteiger partial charge in [0.25, 0.3) is 0 Å². The standard InChI is InChI=1S/Al.H3Si.Sr.Zr.5H/h;1H3;;;;;;;. The zero-order chi connectivity index (χ0) is 2.00. The third kappa shape index (κ3) is 8.93. The first-order chi connectivity index (χ1) is 1.00. The fraction of sp³-hybridized carbons (Fsp3) is 0. The maximum absolute atomic E-state index is 1.69. The molecule has 4 heteroatoms. The van der Waals surface area contributed by atoms with Gasteiger partial charge in [-0.2, -0.15) is 0 Å². The number of hydrogen-bond acceptors (Lipinski definition) is 0. The van der Waals surface area contributed by atoms with Crippen molar-refractivity contribution in [1.29, 1.82) is 0 Å². The van der Waals surface area contributed by atoms with Crippen LogP contribution in [0.3, 0.4) is 0 Å². The normalized spacial score (nSPS) is 1.75. The van der Waals surface area contributed by atoms with E-state index in [1.54, 1.807) is 23.9 Å². The molecule has 0 radical (unpaired) electrons. The summed E-state index contributed by atoms with van der Waals surface area (Å²) in [4.78, 5) is 0. The van der Waals surface area contributed by atoms with E-state index in [0.29, 0.717) is 0 Å². The molecule has 0 spiro atoms. The summed E-state index contributed by atoms with van der Waals surface area (Å²) in [7, 11) is 1.40. The molecule has 0 amide bonds. The van der Waals surface area contributed by atoms with E-state index in [-0.39, 0.29) is 62.8 Å². The molecule has 0 unspecified atom stereocenters. The molecule has 0 aliphatic heterocycles. The average molecular weight is 242 g/mol. The van der Waals surface area contributed by atoms with Gasteiger partial charge in [0, 0.05) is 0 Å². The number of rotatable bonds is 0. The van der Waals surface area contributed by atoms with E-state index in [2.05, 4.69) is 0 Å². The molecular weight excluding hydrogens is 234 g/mol. The minimum atomic E-state index is 0. The molecule has 21 valence electrons. The van der Waals surface area contributed by atoms with Crippen molar-refractivity contribution in [2.24, 2.45) is 0 Å². The van der Waals surface area contributed by atoms with Crippen molar-refractivity contribution in [3.05, 3.63) is 0 Å². The van der Waals surface area contributed by atoms with Gasteiger partial charge < -0.3 is 0 Å². The summed E-state index contributed by atoms with van der Waals surface area (Å²) < 4.78 is 0. The van der Waals surface area contributed by atoms with Crippen LogP contribution in [0.5, 0.6) is 0 Å². The number of hydrogen-bond donors (Lipinski definition) is 0. The van der Waals surface area contributed by atoms with Crippen molar-refractivity contribution < 1.29 is 23.9 Å². The Bertz CT molecular complexity index is 8.00. The van der Waals surface area contributed by atoms with Crippen molar-refractivity contribution in [2.45, 2.75) is 0 Å². The van der Waals surface area contributed by atoms with E-state index < -0.39 is 0 Å². The van der Waals surface area contributed by atoms with E-state index in [4.69, 9.17) is 0 Å². The van der Waals surface area contributed by atoms with Crippen molar-refractivity contribution in [2.75, 3.05) is 0 Å². The van der Waals surface area contributed by atoms with Crippen LogP contribution >= 0.6 is 0 Å². The molecule has 0 aliphatic rings. The summed E-state index contributed by atoms with van der Waals surface area (Å²) in [6.45, 7) is 0. The van der Waals surface area contributed by atoms with Crippen LogP contribution in [0.15, 0.2) is 0 Å². The second kappa shape index (κ2) is 16.5. The Kier molecular flexibility index (Phi) is 64.8. The summed E-state index contributed by atoms with van der Waals surface area (Å²) in [6.07, 6.45) is 0. The van der Waals surface area contributed by atoms with Crippen LogP contribution in [0, 0.1) is 0 Å². The zero-order valence-corrected chi connectivity index (χ0v) is 5.96. The summed E-state index contributed by atoms with van der Waals surface area (Å²) in [6, 6.07) is 0. The molecule has 0 aliphatic carbocycles. The van der Waals surface area contributed by atoms with Crippen LogP contribution in [-0.4, -0.2) is 70.2 Å². The first kappa shape index (κ1) is 15.7. The molecule has 0 aromatic carbocycles. The Hall–Kier alpha value is 3.11. The monoisotopic (exact) mass is 241 g/mol. The van der Waals surface area contributed by atoms with Crippen LogP contribution in [0.25, 0.3) is 0 Å². The Morgan fingerprint density at radius 2 is 1.25 bits per heavy atom. The van der Waals surface area contributed by atoms with Crippen molar-refractivity contribution >= 4 is 70.2 Å². The Morgan fingerprint density at radius 3 is 1.25 bits per heavy atom. The second-order valence-electron chi connectivity index (χ2n) is 0. The fourth-order valence-electron chi connectivity index (χ4n) is 0. The third-order valence-corrected chi connectivity index (χ3v) is 0. The molecule has 0 saturated heterocycles. The quantitative estimate of drug-likeness (QED) is 0.391. The van der Waals surface area contributed by atoms with Gasteiger partial charge in [0.2, 0.25) is 0 Å². The average Bonchev–Trinajstić information content (AvgIpc) is 1.00. The molecule has 0 N–H and O–H groups in total. The second-order valence-corrected chi connectivity index (χ2v) is 0. The van der Waals surface area contributed by atoms with Crippen molar-refractivity contribution in [3.63, 3.8) is 0 Å². The van der Waals surface area contributed by atoms with E-state index in [9.17, 15) is 0 Å². The van der Waals surface area contributed by atoms with Gasteiger partial charge in [0.05, 0.1) is 0 Å². The van der Waals surface area contributed by atoms with E-state index in [0.717, 1.165) is 0 Å². The van der Waals surface area contributed by atoms with Crippen LogP contribution in [-0.2, 0) is 23.9 Å². The molecule has 0 heterocycles. The molecule has 0 bridgehead atoms.